The molecule has 8 heteroatoms. The second-order valence-electron chi connectivity index (χ2n) is 16.6. The smallest absolute Gasteiger partial charge is 0.310 e. The van der Waals surface area contributed by atoms with Gasteiger partial charge in [0.15, 0.2) is 6.29 Å². The van der Waals surface area contributed by atoms with Crippen molar-refractivity contribution in [1.29, 1.82) is 0 Å². The van der Waals surface area contributed by atoms with Gasteiger partial charge >= 0.3 is 5.97 Å². The van der Waals surface area contributed by atoms with E-state index in [1.165, 1.54) is 5.57 Å². The van der Waals surface area contributed by atoms with Crippen LogP contribution in [0.2, 0.25) is 0 Å². The number of ether oxygens (including phenoxy) is 2. The minimum absolute atomic E-state index is 0.0206. The van der Waals surface area contributed by atoms with Crippen molar-refractivity contribution >= 4 is 5.97 Å². The number of carbonyl (C=O) groups is 1. The predicted molar refractivity (Wildman–Crippen MR) is 156 cm³/mol. The topological polar surface area (TPSA) is 137 Å². The van der Waals surface area contributed by atoms with Gasteiger partial charge in [-0.25, -0.2) is 0 Å². The van der Waals surface area contributed by atoms with Crippen LogP contribution in [0.1, 0.15) is 106 Å². The van der Waals surface area contributed by atoms with Gasteiger partial charge in [-0.15, -0.1) is 0 Å². The standard InChI is InChI=1S/C34H54O8/c1-29(2)21-10-15-32(5)22(30(21,3)14-11-23(29)42-27-25(37)24(36)20(35)18-41-27)9-8-19-26-33(6,40)12-7-13-34(26,28(38)39)17-16-31(19,32)4/h8,20-27,35-37,40H,7,9-18H2,1-6H3,(H,38,39). The maximum Gasteiger partial charge on any atom is 0.310 e. The number of aliphatic carboxylic acids is 1. The molecule has 0 bridgehead atoms. The summed E-state index contributed by atoms with van der Waals surface area (Å²) in [6, 6.07) is 0. The second kappa shape index (κ2) is 9.73. The Balaban J connectivity index is 1.32. The van der Waals surface area contributed by atoms with Crippen molar-refractivity contribution in [2.24, 2.45) is 44.8 Å². The van der Waals surface area contributed by atoms with E-state index in [2.05, 4.69) is 40.7 Å². The van der Waals surface area contributed by atoms with E-state index in [1.807, 2.05) is 6.92 Å². The van der Waals surface area contributed by atoms with Gasteiger partial charge in [-0.3, -0.25) is 4.79 Å². The average molecular weight is 591 g/mol. The highest BCUT2D eigenvalue weighted by molar-refractivity contribution is 5.77. The summed E-state index contributed by atoms with van der Waals surface area (Å²) in [5, 5.41) is 53.0. The molecular weight excluding hydrogens is 536 g/mol. The van der Waals surface area contributed by atoms with Gasteiger partial charge in [0, 0.05) is 5.92 Å². The Morgan fingerprint density at radius 2 is 1.62 bits per heavy atom. The van der Waals surface area contributed by atoms with Crippen molar-refractivity contribution in [3.05, 3.63) is 11.6 Å². The Morgan fingerprint density at radius 1 is 0.905 bits per heavy atom. The summed E-state index contributed by atoms with van der Waals surface area (Å²) in [7, 11) is 0. The zero-order chi connectivity index (χ0) is 30.7. The highest BCUT2D eigenvalue weighted by Gasteiger charge is 2.71. The number of allylic oxidation sites excluding steroid dienone is 1. The van der Waals surface area contributed by atoms with Crippen molar-refractivity contribution in [3.63, 3.8) is 0 Å². The van der Waals surface area contributed by atoms with Gasteiger partial charge in [-0.05, 0) is 105 Å². The van der Waals surface area contributed by atoms with Gasteiger partial charge in [-0.2, -0.15) is 0 Å². The van der Waals surface area contributed by atoms with E-state index in [4.69, 9.17) is 9.47 Å². The molecule has 5 N–H and O–H groups in total. The molecule has 1 heterocycles. The fraction of sp³-hybridized carbons (Fsp3) is 0.912. The fourth-order valence-electron chi connectivity index (χ4n) is 12.0. The Bertz CT molecular complexity index is 1130. The van der Waals surface area contributed by atoms with Crippen molar-refractivity contribution in [2.75, 3.05) is 6.61 Å². The van der Waals surface area contributed by atoms with Crippen LogP contribution >= 0.6 is 0 Å². The first kappa shape index (κ1) is 31.0. The van der Waals surface area contributed by atoms with Crippen LogP contribution in [0, 0.1) is 44.8 Å². The number of aliphatic hydroxyl groups is 4. The van der Waals surface area contributed by atoms with Crippen molar-refractivity contribution in [2.45, 2.75) is 142 Å². The molecule has 13 atom stereocenters. The van der Waals surface area contributed by atoms with E-state index in [-0.39, 0.29) is 40.3 Å². The first-order valence-corrected chi connectivity index (χ1v) is 16.4. The monoisotopic (exact) mass is 590 g/mol. The number of aliphatic hydroxyl groups excluding tert-OH is 3. The van der Waals surface area contributed by atoms with E-state index in [0.717, 1.165) is 44.9 Å². The molecule has 0 aromatic carbocycles. The highest BCUT2D eigenvalue weighted by atomic mass is 16.7. The van der Waals surface area contributed by atoms with E-state index in [1.54, 1.807) is 0 Å². The Morgan fingerprint density at radius 3 is 2.31 bits per heavy atom. The zero-order valence-electron chi connectivity index (χ0n) is 26.4. The number of carboxylic acid groups (broad SMARTS) is 1. The molecule has 0 amide bonds. The molecule has 1 aliphatic heterocycles. The molecule has 8 nitrogen and oxygen atoms in total. The van der Waals surface area contributed by atoms with Gasteiger partial charge < -0.3 is 35.0 Å². The molecule has 0 aromatic heterocycles. The minimum Gasteiger partial charge on any atom is -0.481 e. The summed E-state index contributed by atoms with van der Waals surface area (Å²) >= 11 is 0. The van der Waals surface area contributed by atoms with Crippen molar-refractivity contribution in [3.8, 4) is 0 Å². The number of hydrogen-bond acceptors (Lipinski definition) is 7. The lowest BCUT2D eigenvalue weighted by atomic mass is 9.33. The van der Waals surface area contributed by atoms with Gasteiger partial charge in [0.05, 0.1) is 23.7 Å². The lowest BCUT2D eigenvalue weighted by molar-refractivity contribution is -0.308. The molecule has 6 aliphatic rings. The summed E-state index contributed by atoms with van der Waals surface area (Å²) in [6.07, 6.45) is 5.76. The van der Waals surface area contributed by atoms with Crippen LogP contribution < -0.4 is 0 Å². The normalized spacial score (nSPS) is 55.3. The molecule has 42 heavy (non-hydrogen) atoms. The third-order valence-electron chi connectivity index (χ3n) is 14.5. The summed E-state index contributed by atoms with van der Waals surface area (Å²) in [6.45, 7) is 13.7. The first-order chi connectivity index (χ1) is 19.5. The van der Waals surface area contributed by atoms with Crippen LogP contribution in [0.4, 0.5) is 0 Å². The Labute approximate surface area is 250 Å². The van der Waals surface area contributed by atoms with E-state index in [0.29, 0.717) is 31.1 Å². The molecule has 5 fully saturated rings. The van der Waals surface area contributed by atoms with Crippen molar-refractivity contribution < 1.29 is 39.8 Å². The van der Waals surface area contributed by atoms with E-state index >= 15 is 0 Å². The molecule has 238 valence electrons. The molecule has 5 aliphatic carbocycles. The zero-order valence-corrected chi connectivity index (χ0v) is 26.4. The van der Waals surface area contributed by atoms with Crippen LogP contribution in [0.5, 0.6) is 0 Å². The number of rotatable bonds is 3. The van der Waals surface area contributed by atoms with Crippen LogP contribution in [-0.2, 0) is 14.3 Å². The summed E-state index contributed by atoms with van der Waals surface area (Å²) in [4.78, 5) is 12.9. The van der Waals surface area contributed by atoms with Gasteiger partial charge in [0.25, 0.3) is 0 Å². The van der Waals surface area contributed by atoms with Crippen LogP contribution in [0.15, 0.2) is 11.6 Å². The predicted octanol–water partition coefficient (Wildman–Crippen LogP) is 4.42. The molecule has 4 saturated carbocycles. The summed E-state index contributed by atoms with van der Waals surface area (Å²) in [5.74, 6) is -0.310. The Hall–Kier alpha value is -1.03. The van der Waals surface area contributed by atoms with Gasteiger partial charge in [0.1, 0.15) is 18.3 Å². The van der Waals surface area contributed by atoms with Gasteiger partial charge in [0.2, 0.25) is 0 Å². The fourth-order valence-corrected chi connectivity index (χ4v) is 12.0. The highest BCUT2D eigenvalue weighted by Crippen LogP contribution is 2.76. The van der Waals surface area contributed by atoms with Crippen LogP contribution in [0.25, 0.3) is 0 Å². The molecule has 0 aromatic rings. The summed E-state index contributed by atoms with van der Waals surface area (Å²) in [5.41, 5.74) is -1.06. The number of carboxylic acids is 1. The number of hydrogen-bond donors (Lipinski definition) is 5. The van der Waals surface area contributed by atoms with Crippen LogP contribution in [-0.4, -0.2) is 74.4 Å². The average Bonchev–Trinajstić information content (AvgIpc) is 2.90. The molecule has 0 radical (unpaired) electrons. The molecule has 13 unspecified atom stereocenters. The lowest BCUT2D eigenvalue weighted by Gasteiger charge is -2.71. The Kier molecular flexibility index (Phi) is 7.18. The molecular formula is C34H54O8. The largest absolute Gasteiger partial charge is 0.481 e. The second-order valence-corrected chi connectivity index (χ2v) is 16.6. The molecule has 6 rings (SSSR count). The maximum atomic E-state index is 12.9. The lowest BCUT2D eigenvalue weighted by Crippen LogP contribution is -2.67. The summed E-state index contributed by atoms with van der Waals surface area (Å²) < 4.78 is 12.1. The van der Waals surface area contributed by atoms with Gasteiger partial charge in [-0.1, -0.05) is 46.3 Å². The molecule has 0 spiro atoms. The third-order valence-corrected chi connectivity index (χ3v) is 14.5. The van der Waals surface area contributed by atoms with Crippen LogP contribution in [0.3, 0.4) is 0 Å². The minimum atomic E-state index is -1.30. The number of fused-ring (bicyclic) bond motifs is 7. The molecule has 1 saturated heterocycles. The maximum absolute atomic E-state index is 12.9. The van der Waals surface area contributed by atoms with E-state index < -0.39 is 41.6 Å². The SMILES string of the molecule is CC1(O)CCCC2(C(=O)O)CCC3(C)C(=CCC4C5(C)CCC(OC6OCC(O)C(O)C6O)C(C)(C)C5CCC43C)C12. The first-order valence-electron chi connectivity index (χ1n) is 16.4. The van der Waals surface area contributed by atoms with Crippen molar-refractivity contribution in [1.82, 2.24) is 0 Å². The third kappa shape index (κ3) is 3.97. The van der Waals surface area contributed by atoms with E-state index in [9.17, 15) is 30.3 Å². The quantitative estimate of drug-likeness (QED) is 0.241.